The zero-order chi connectivity index (χ0) is 24.1. The highest BCUT2D eigenvalue weighted by Gasteiger charge is 2.30. The molecule has 34 heavy (non-hydrogen) atoms. The molecule has 4 rings (SSSR count). The van der Waals surface area contributed by atoms with Crippen molar-refractivity contribution in [2.45, 2.75) is 39.3 Å². The minimum Gasteiger partial charge on any atom is -0.335 e. The van der Waals surface area contributed by atoms with Gasteiger partial charge in [0, 0.05) is 12.1 Å². The van der Waals surface area contributed by atoms with Gasteiger partial charge in [0.25, 0.3) is 17.2 Å². The van der Waals surface area contributed by atoms with E-state index in [1.807, 2.05) is 43.3 Å². The topological polar surface area (TPSA) is 105 Å². The van der Waals surface area contributed by atoms with Gasteiger partial charge < -0.3 is 9.42 Å². The predicted octanol–water partition coefficient (Wildman–Crippen LogP) is 4.25. The molecule has 0 saturated heterocycles. The van der Waals surface area contributed by atoms with Gasteiger partial charge in [-0.15, -0.1) is 0 Å². The van der Waals surface area contributed by atoms with Crippen LogP contribution in [0.2, 0.25) is 0 Å². The Bertz CT molecular complexity index is 1390. The molecule has 8 nitrogen and oxygen atoms in total. The number of aromatic nitrogens is 3. The summed E-state index contributed by atoms with van der Waals surface area (Å²) in [7, 11) is 0. The van der Waals surface area contributed by atoms with E-state index in [9.17, 15) is 14.9 Å². The van der Waals surface area contributed by atoms with E-state index < -0.39 is 6.04 Å². The molecule has 0 aliphatic heterocycles. The van der Waals surface area contributed by atoms with Gasteiger partial charge in [-0.05, 0) is 31.0 Å². The molecule has 2 aromatic carbocycles. The second-order valence-electron chi connectivity index (χ2n) is 7.99. The van der Waals surface area contributed by atoms with E-state index in [1.165, 1.54) is 0 Å². The van der Waals surface area contributed by atoms with Gasteiger partial charge in [0.1, 0.15) is 11.2 Å². The van der Waals surface area contributed by atoms with Crippen LogP contribution in [0.25, 0.3) is 11.1 Å². The van der Waals surface area contributed by atoms with Crippen molar-refractivity contribution in [2.24, 2.45) is 0 Å². The molecule has 4 aromatic rings. The molecule has 0 N–H and O–H groups in total. The maximum atomic E-state index is 13.6. The molecule has 2 aromatic heterocycles. The van der Waals surface area contributed by atoms with Gasteiger partial charge in [-0.3, -0.25) is 14.2 Å². The van der Waals surface area contributed by atoms with Gasteiger partial charge in [0.2, 0.25) is 0 Å². The van der Waals surface area contributed by atoms with Crippen molar-refractivity contribution < 1.29 is 9.32 Å². The lowest BCUT2D eigenvalue weighted by molar-refractivity contribution is 0.0661. The van der Waals surface area contributed by atoms with Crippen LogP contribution in [0.1, 0.15) is 53.2 Å². The Hall–Kier alpha value is -4.25. The number of hydrogen-bond acceptors (Lipinski definition) is 6. The zero-order valence-electron chi connectivity index (χ0n) is 19.1. The number of nitrogens with zero attached hydrogens (tertiary/aromatic N) is 5. The van der Waals surface area contributed by atoms with Gasteiger partial charge in [0.05, 0.1) is 30.8 Å². The van der Waals surface area contributed by atoms with Gasteiger partial charge in [-0.25, -0.2) is 0 Å². The molecule has 0 bridgehead atoms. The molecule has 0 fully saturated rings. The normalized spacial score (nSPS) is 11.8. The first-order valence-electron chi connectivity index (χ1n) is 11.2. The summed E-state index contributed by atoms with van der Waals surface area (Å²) in [5.74, 6) is 0.180. The number of carbonyl (C=O) groups excluding carboxylic acids is 1. The number of hydrogen-bond donors (Lipinski definition) is 0. The molecule has 0 aliphatic carbocycles. The number of carbonyl (C=O) groups is 1. The largest absolute Gasteiger partial charge is 0.335 e. The molecule has 1 unspecified atom stereocenters. The molecule has 2 heterocycles. The molecule has 0 spiro atoms. The number of benzene rings is 2. The van der Waals surface area contributed by atoms with Gasteiger partial charge in [-0.1, -0.05) is 60.6 Å². The molecule has 8 heteroatoms. The highest BCUT2D eigenvalue weighted by atomic mass is 16.5. The van der Waals surface area contributed by atoms with E-state index in [1.54, 1.807) is 40.7 Å². The van der Waals surface area contributed by atoms with E-state index in [2.05, 4.69) is 16.2 Å². The van der Waals surface area contributed by atoms with Crippen LogP contribution in [-0.2, 0) is 6.54 Å². The molecular weight excluding hydrogens is 430 g/mol. The Labute approximate surface area is 197 Å². The number of amides is 1. The first-order valence-corrected chi connectivity index (χ1v) is 11.2. The summed E-state index contributed by atoms with van der Waals surface area (Å²) in [4.78, 5) is 33.4. The SMILES string of the molecule is CCC(c1nc2onc(C)c2c(=O)n1Cc1ccccc1)N(CCC#N)C(=O)c1ccccc1. The minimum atomic E-state index is -0.549. The van der Waals surface area contributed by atoms with Crippen molar-refractivity contribution in [1.82, 2.24) is 19.6 Å². The lowest BCUT2D eigenvalue weighted by Gasteiger charge is -2.31. The van der Waals surface area contributed by atoms with Crippen LogP contribution in [0.5, 0.6) is 0 Å². The summed E-state index contributed by atoms with van der Waals surface area (Å²) < 4.78 is 6.94. The van der Waals surface area contributed by atoms with E-state index in [0.717, 1.165) is 5.56 Å². The van der Waals surface area contributed by atoms with Crippen molar-refractivity contribution >= 4 is 17.0 Å². The molecule has 0 radical (unpaired) electrons. The molecule has 1 atom stereocenters. The Balaban J connectivity index is 1.88. The fraction of sp³-hybridized carbons (Fsp3) is 0.269. The Kier molecular flexibility index (Phi) is 6.83. The third-order valence-electron chi connectivity index (χ3n) is 5.79. The Morgan fingerprint density at radius 1 is 1.15 bits per heavy atom. The van der Waals surface area contributed by atoms with Crippen LogP contribution in [0.15, 0.2) is 70.0 Å². The van der Waals surface area contributed by atoms with Crippen molar-refractivity contribution in [3.05, 3.63) is 93.7 Å². The molecule has 172 valence electrons. The highest BCUT2D eigenvalue weighted by Crippen LogP contribution is 2.27. The number of nitriles is 1. The molecule has 0 aliphatic rings. The fourth-order valence-corrected chi connectivity index (χ4v) is 4.12. The summed E-state index contributed by atoms with van der Waals surface area (Å²) >= 11 is 0. The maximum absolute atomic E-state index is 13.6. The summed E-state index contributed by atoms with van der Waals surface area (Å²) in [6, 6.07) is 20.1. The zero-order valence-corrected chi connectivity index (χ0v) is 19.1. The van der Waals surface area contributed by atoms with Crippen LogP contribution in [0.3, 0.4) is 0 Å². The van der Waals surface area contributed by atoms with Gasteiger partial charge in [0.15, 0.2) is 0 Å². The standard InChI is InChI=1S/C26H25N5O3/c1-3-21(30(16-10-15-27)25(32)20-13-8-5-9-14-20)23-28-24-22(18(2)29-34-24)26(33)31(23)17-19-11-6-4-7-12-19/h4-9,11-14,21H,3,10,16-17H2,1-2H3. The number of aryl methyl sites for hydroxylation is 1. The lowest BCUT2D eigenvalue weighted by Crippen LogP contribution is -2.39. The third-order valence-corrected chi connectivity index (χ3v) is 5.79. The van der Waals surface area contributed by atoms with Crippen molar-refractivity contribution in [3.8, 4) is 6.07 Å². The maximum Gasteiger partial charge on any atom is 0.267 e. The Morgan fingerprint density at radius 2 is 1.82 bits per heavy atom. The van der Waals surface area contributed by atoms with Crippen molar-refractivity contribution in [1.29, 1.82) is 5.26 Å². The average Bonchev–Trinajstić information content (AvgIpc) is 3.25. The lowest BCUT2D eigenvalue weighted by atomic mass is 10.1. The van der Waals surface area contributed by atoms with E-state index in [-0.39, 0.29) is 36.7 Å². The molecule has 1 amide bonds. The first kappa shape index (κ1) is 22.9. The molecular formula is C26H25N5O3. The number of fused-ring (bicyclic) bond motifs is 1. The van der Waals surface area contributed by atoms with E-state index in [0.29, 0.717) is 28.9 Å². The van der Waals surface area contributed by atoms with Gasteiger partial charge in [-0.2, -0.15) is 10.2 Å². The highest BCUT2D eigenvalue weighted by molar-refractivity contribution is 5.94. The third kappa shape index (κ3) is 4.46. The number of rotatable bonds is 8. The van der Waals surface area contributed by atoms with E-state index >= 15 is 0 Å². The smallest absolute Gasteiger partial charge is 0.267 e. The van der Waals surface area contributed by atoms with Crippen LogP contribution in [0, 0.1) is 18.3 Å². The van der Waals surface area contributed by atoms with Crippen molar-refractivity contribution in [2.75, 3.05) is 6.54 Å². The monoisotopic (exact) mass is 455 g/mol. The summed E-state index contributed by atoms with van der Waals surface area (Å²) in [5.41, 5.74) is 1.78. The quantitative estimate of drug-likeness (QED) is 0.393. The van der Waals surface area contributed by atoms with Crippen LogP contribution in [0.4, 0.5) is 0 Å². The van der Waals surface area contributed by atoms with Crippen LogP contribution >= 0.6 is 0 Å². The minimum absolute atomic E-state index is 0.146. The molecule has 0 saturated carbocycles. The summed E-state index contributed by atoms with van der Waals surface area (Å²) in [5, 5.41) is 13.5. The first-order chi connectivity index (χ1) is 16.5. The van der Waals surface area contributed by atoms with Crippen molar-refractivity contribution in [3.63, 3.8) is 0 Å². The fourth-order valence-electron chi connectivity index (χ4n) is 4.12. The summed E-state index contributed by atoms with van der Waals surface area (Å²) in [6.07, 6.45) is 0.644. The van der Waals surface area contributed by atoms with Crippen LogP contribution < -0.4 is 5.56 Å². The second-order valence-corrected chi connectivity index (χ2v) is 7.99. The summed E-state index contributed by atoms with van der Waals surface area (Å²) in [6.45, 7) is 4.12. The van der Waals surface area contributed by atoms with Crippen LogP contribution in [-0.4, -0.2) is 32.1 Å². The van der Waals surface area contributed by atoms with Gasteiger partial charge >= 0.3 is 0 Å². The van der Waals surface area contributed by atoms with E-state index in [4.69, 9.17) is 4.52 Å². The second kappa shape index (κ2) is 10.1. The average molecular weight is 456 g/mol. The predicted molar refractivity (Wildman–Crippen MR) is 127 cm³/mol. The Morgan fingerprint density at radius 3 is 2.47 bits per heavy atom.